The molecule has 6 heteroatoms. The van der Waals surface area contributed by atoms with Crippen LogP contribution >= 0.6 is 0 Å². The number of methoxy groups -OCH3 is 1. The highest BCUT2D eigenvalue weighted by Gasteiger charge is 2.37. The van der Waals surface area contributed by atoms with Crippen LogP contribution < -0.4 is 4.74 Å². The van der Waals surface area contributed by atoms with E-state index in [4.69, 9.17) is 9.47 Å². The van der Waals surface area contributed by atoms with Crippen molar-refractivity contribution in [1.29, 1.82) is 0 Å². The van der Waals surface area contributed by atoms with Crippen LogP contribution in [0.3, 0.4) is 0 Å². The molecule has 30 heavy (non-hydrogen) atoms. The molecule has 3 rings (SSSR count). The molecule has 1 aliphatic rings. The number of benzene rings is 2. The summed E-state index contributed by atoms with van der Waals surface area (Å²) in [6.45, 7) is 5.86. The molecule has 0 bridgehead atoms. The lowest BCUT2D eigenvalue weighted by molar-refractivity contribution is -0.135. The lowest BCUT2D eigenvalue weighted by Gasteiger charge is -2.36. The topological polar surface area (TPSA) is 59.1 Å². The Morgan fingerprint density at radius 2 is 1.63 bits per heavy atom. The Kier molecular flexibility index (Phi) is 6.45. The van der Waals surface area contributed by atoms with E-state index in [1.807, 2.05) is 54.6 Å². The fourth-order valence-electron chi connectivity index (χ4n) is 3.22. The molecule has 2 aromatic rings. The van der Waals surface area contributed by atoms with E-state index in [0.717, 1.165) is 16.9 Å². The van der Waals surface area contributed by atoms with Crippen molar-refractivity contribution in [2.24, 2.45) is 0 Å². The van der Waals surface area contributed by atoms with Crippen LogP contribution in [0.2, 0.25) is 0 Å². The monoisotopic (exact) mass is 408 g/mol. The van der Waals surface area contributed by atoms with Crippen molar-refractivity contribution in [3.63, 3.8) is 0 Å². The molecule has 0 saturated heterocycles. The van der Waals surface area contributed by atoms with Crippen LogP contribution in [0, 0.1) is 0 Å². The summed E-state index contributed by atoms with van der Waals surface area (Å²) in [6, 6.07) is 16.6. The quantitative estimate of drug-likeness (QED) is 0.738. The Bertz CT molecular complexity index is 901. The highest BCUT2D eigenvalue weighted by atomic mass is 16.6. The van der Waals surface area contributed by atoms with Gasteiger partial charge in [0.1, 0.15) is 17.4 Å². The molecule has 0 radical (unpaired) electrons. The van der Waals surface area contributed by atoms with Crippen molar-refractivity contribution < 1.29 is 19.1 Å². The molecule has 6 nitrogen and oxygen atoms in total. The molecular formula is C24H28N2O4. The maximum atomic E-state index is 13.3. The van der Waals surface area contributed by atoms with Gasteiger partial charge in [-0.2, -0.15) is 0 Å². The number of amides is 2. The lowest BCUT2D eigenvalue weighted by atomic mass is 10.0. The maximum Gasteiger partial charge on any atom is 0.415 e. The Labute approximate surface area is 177 Å². The first-order valence-corrected chi connectivity index (χ1v) is 9.94. The summed E-state index contributed by atoms with van der Waals surface area (Å²) >= 11 is 0. The van der Waals surface area contributed by atoms with Crippen LogP contribution in [0.1, 0.15) is 31.9 Å². The highest BCUT2D eigenvalue weighted by Crippen LogP contribution is 2.23. The van der Waals surface area contributed by atoms with Gasteiger partial charge in [-0.15, -0.1) is 0 Å². The third-order valence-corrected chi connectivity index (χ3v) is 4.70. The Hall–Kier alpha value is -3.28. The minimum absolute atomic E-state index is 0.150. The smallest absolute Gasteiger partial charge is 0.415 e. The van der Waals surface area contributed by atoms with Crippen LogP contribution in [0.4, 0.5) is 4.79 Å². The van der Waals surface area contributed by atoms with Crippen molar-refractivity contribution >= 4 is 12.0 Å². The predicted molar refractivity (Wildman–Crippen MR) is 115 cm³/mol. The van der Waals surface area contributed by atoms with Crippen molar-refractivity contribution in [2.75, 3.05) is 7.11 Å². The second-order valence-electron chi connectivity index (χ2n) is 8.21. The average molecular weight is 408 g/mol. The summed E-state index contributed by atoms with van der Waals surface area (Å²) in [4.78, 5) is 29.2. The molecule has 158 valence electrons. The summed E-state index contributed by atoms with van der Waals surface area (Å²) in [5.74, 6) is 0.589. The lowest BCUT2D eigenvalue weighted by Crippen LogP contribution is -2.52. The van der Waals surface area contributed by atoms with E-state index in [1.165, 1.54) is 4.90 Å². The molecule has 0 fully saturated rings. The maximum absolute atomic E-state index is 13.3. The van der Waals surface area contributed by atoms with E-state index in [9.17, 15) is 9.59 Å². The summed E-state index contributed by atoms with van der Waals surface area (Å²) in [5.41, 5.74) is 1.29. The van der Waals surface area contributed by atoms with Crippen LogP contribution in [-0.4, -0.2) is 40.6 Å². The van der Waals surface area contributed by atoms with Crippen LogP contribution in [-0.2, 0) is 22.5 Å². The summed E-state index contributed by atoms with van der Waals surface area (Å²) < 4.78 is 10.7. The van der Waals surface area contributed by atoms with E-state index in [2.05, 4.69) is 0 Å². The van der Waals surface area contributed by atoms with Gasteiger partial charge in [-0.05, 0) is 44.0 Å². The molecule has 2 amide bonds. The zero-order valence-corrected chi connectivity index (χ0v) is 17.9. The Balaban J connectivity index is 1.86. The zero-order chi connectivity index (χ0) is 21.7. The molecule has 1 aliphatic heterocycles. The minimum Gasteiger partial charge on any atom is -0.497 e. The highest BCUT2D eigenvalue weighted by molar-refractivity contribution is 5.88. The first kappa shape index (κ1) is 21.4. The summed E-state index contributed by atoms with van der Waals surface area (Å²) in [7, 11) is 1.61. The van der Waals surface area contributed by atoms with Gasteiger partial charge in [0, 0.05) is 18.8 Å². The second-order valence-corrected chi connectivity index (χ2v) is 8.21. The summed E-state index contributed by atoms with van der Waals surface area (Å²) in [6.07, 6.45) is 3.11. The van der Waals surface area contributed by atoms with Crippen LogP contribution in [0.25, 0.3) is 0 Å². The molecule has 2 aromatic carbocycles. The third kappa shape index (κ3) is 5.41. The molecule has 0 aromatic heterocycles. The number of carbonyl (C=O) groups is 2. The number of nitrogens with zero attached hydrogens (tertiary/aromatic N) is 2. The van der Waals surface area contributed by atoms with Gasteiger partial charge in [-0.3, -0.25) is 9.69 Å². The second kappa shape index (κ2) is 9.03. The molecule has 0 N–H and O–H groups in total. The molecule has 0 saturated carbocycles. The van der Waals surface area contributed by atoms with Gasteiger partial charge in [0.15, 0.2) is 0 Å². The molecule has 1 heterocycles. The van der Waals surface area contributed by atoms with E-state index in [0.29, 0.717) is 13.0 Å². The first-order valence-electron chi connectivity index (χ1n) is 9.94. The van der Waals surface area contributed by atoms with Gasteiger partial charge >= 0.3 is 6.09 Å². The molecule has 0 aliphatic carbocycles. The molecule has 0 unspecified atom stereocenters. The van der Waals surface area contributed by atoms with Crippen molar-refractivity contribution in [3.05, 3.63) is 78.1 Å². The van der Waals surface area contributed by atoms with Gasteiger partial charge < -0.3 is 14.4 Å². The van der Waals surface area contributed by atoms with Crippen LogP contribution in [0.5, 0.6) is 5.75 Å². The molecule has 0 spiro atoms. The van der Waals surface area contributed by atoms with E-state index >= 15 is 0 Å². The van der Waals surface area contributed by atoms with Gasteiger partial charge in [0.2, 0.25) is 0 Å². The number of rotatable bonds is 5. The Morgan fingerprint density at radius 3 is 2.23 bits per heavy atom. The van der Waals surface area contributed by atoms with Gasteiger partial charge in [-0.1, -0.05) is 42.5 Å². The fourth-order valence-corrected chi connectivity index (χ4v) is 3.22. The molecular weight excluding hydrogens is 380 g/mol. The van der Waals surface area contributed by atoms with E-state index in [-0.39, 0.29) is 5.91 Å². The van der Waals surface area contributed by atoms with E-state index in [1.54, 1.807) is 45.2 Å². The average Bonchev–Trinajstić information content (AvgIpc) is 2.71. The normalized spacial score (nSPS) is 16.5. The number of hydrogen-bond acceptors (Lipinski definition) is 4. The largest absolute Gasteiger partial charge is 0.497 e. The van der Waals surface area contributed by atoms with Gasteiger partial charge in [0.05, 0.1) is 13.7 Å². The number of ether oxygens (including phenoxy) is 2. The predicted octanol–water partition coefficient (Wildman–Crippen LogP) is 4.36. The van der Waals surface area contributed by atoms with Crippen molar-refractivity contribution in [2.45, 2.75) is 45.4 Å². The SMILES string of the molecule is COc1ccc(C[C@H]2C(=O)N(Cc3ccccc3)C=CN2C(=O)OC(C)(C)C)cc1. The number of hydrogen-bond donors (Lipinski definition) is 0. The van der Waals surface area contributed by atoms with E-state index < -0.39 is 17.7 Å². The molecule has 1 atom stereocenters. The first-order chi connectivity index (χ1) is 14.3. The standard InChI is InChI=1S/C24H28N2O4/c1-24(2,3)30-23(28)26-15-14-25(17-19-8-6-5-7-9-19)22(27)21(26)16-18-10-12-20(29-4)13-11-18/h5-15,21H,16-17H2,1-4H3/t21-/m0/s1. The van der Waals surface area contributed by atoms with Gasteiger partial charge in [0.25, 0.3) is 5.91 Å². The van der Waals surface area contributed by atoms with Crippen molar-refractivity contribution in [3.8, 4) is 5.75 Å². The fraction of sp³-hybridized carbons (Fsp3) is 0.333. The Morgan fingerprint density at radius 1 is 0.967 bits per heavy atom. The number of carbonyl (C=O) groups excluding carboxylic acids is 2. The minimum atomic E-state index is -0.693. The third-order valence-electron chi connectivity index (χ3n) is 4.70. The zero-order valence-electron chi connectivity index (χ0n) is 17.9. The summed E-state index contributed by atoms with van der Waals surface area (Å²) in [5, 5.41) is 0. The van der Waals surface area contributed by atoms with Crippen molar-refractivity contribution in [1.82, 2.24) is 9.80 Å². The van der Waals surface area contributed by atoms with Crippen LogP contribution in [0.15, 0.2) is 67.0 Å². The van der Waals surface area contributed by atoms with Gasteiger partial charge in [-0.25, -0.2) is 4.79 Å².